The number of carboxylic acids is 1. The number of aliphatic carboxylic acids is 1. The van der Waals surface area contributed by atoms with Crippen LogP contribution in [0.3, 0.4) is 0 Å². The van der Waals surface area contributed by atoms with E-state index in [1.165, 1.54) is 4.90 Å². The molecule has 164 valence electrons. The molecule has 0 saturated carbocycles. The number of nitrogens with zero attached hydrogens (tertiary/aromatic N) is 2. The van der Waals surface area contributed by atoms with Crippen molar-refractivity contribution >= 4 is 29.5 Å². The summed E-state index contributed by atoms with van der Waals surface area (Å²) in [6, 6.07) is 18.5. The fourth-order valence-electron chi connectivity index (χ4n) is 3.68. The molecule has 6 nitrogen and oxygen atoms in total. The monoisotopic (exact) mass is 440 g/mol. The first kappa shape index (κ1) is 22.9. The van der Waals surface area contributed by atoms with Crippen LogP contribution in [0.1, 0.15) is 42.1 Å². The van der Waals surface area contributed by atoms with E-state index in [-0.39, 0.29) is 36.3 Å². The number of rotatable bonds is 6. The molecule has 2 amide bonds. The number of hydrogen-bond acceptors (Lipinski definition) is 4. The molecule has 0 spiro atoms. The molecule has 2 atom stereocenters. The first-order valence-corrected chi connectivity index (χ1v) is 11.3. The standard InChI is InChI=1S/C24H28N2O4S/c1-24(2,3)23(30)25(15-20(27)28)14-19-16-31-22(18-12-8-5-9-13-18)26(19)21(29)17-10-6-4-7-11-17/h4-13,19,22H,14-16H2,1-3H3,(H,27,28)/t19-,22?/m1/s1. The molecular weight excluding hydrogens is 412 g/mol. The van der Waals surface area contributed by atoms with Gasteiger partial charge in [0.25, 0.3) is 5.91 Å². The smallest absolute Gasteiger partial charge is 0.323 e. The van der Waals surface area contributed by atoms with Crippen LogP contribution in [0.25, 0.3) is 0 Å². The molecule has 1 saturated heterocycles. The molecule has 1 aliphatic rings. The summed E-state index contributed by atoms with van der Waals surface area (Å²) >= 11 is 1.63. The highest BCUT2D eigenvalue weighted by atomic mass is 32.2. The molecule has 2 aromatic carbocycles. The van der Waals surface area contributed by atoms with E-state index in [2.05, 4.69) is 0 Å². The second kappa shape index (κ2) is 9.56. The minimum absolute atomic E-state index is 0.122. The molecule has 0 aliphatic carbocycles. The van der Waals surface area contributed by atoms with E-state index in [1.807, 2.05) is 48.5 Å². The first-order chi connectivity index (χ1) is 14.7. The zero-order valence-electron chi connectivity index (χ0n) is 18.0. The van der Waals surface area contributed by atoms with Gasteiger partial charge in [0.1, 0.15) is 11.9 Å². The van der Waals surface area contributed by atoms with Crippen LogP contribution in [-0.4, -0.2) is 57.6 Å². The maximum absolute atomic E-state index is 13.5. The third-order valence-corrected chi connectivity index (χ3v) is 6.51. The Kier molecular flexibility index (Phi) is 7.05. The Labute approximate surface area is 187 Å². The molecule has 1 heterocycles. The van der Waals surface area contributed by atoms with Crippen LogP contribution in [0.2, 0.25) is 0 Å². The number of hydrogen-bond donors (Lipinski definition) is 1. The number of carbonyl (C=O) groups excluding carboxylic acids is 2. The Bertz CT molecular complexity index is 928. The molecule has 0 bridgehead atoms. The maximum Gasteiger partial charge on any atom is 0.323 e. The van der Waals surface area contributed by atoms with Gasteiger partial charge in [-0.1, -0.05) is 69.3 Å². The van der Waals surface area contributed by atoms with Gasteiger partial charge in [0, 0.05) is 23.3 Å². The first-order valence-electron chi connectivity index (χ1n) is 10.2. The van der Waals surface area contributed by atoms with Gasteiger partial charge in [-0.2, -0.15) is 0 Å². The Morgan fingerprint density at radius 3 is 2.16 bits per heavy atom. The summed E-state index contributed by atoms with van der Waals surface area (Å²) < 4.78 is 0. The summed E-state index contributed by atoms with van der Waals surface area (Å²) in [6.07, 6.45) is 0. The van der Waals surface area contributed by atoms with E-state index < -0.39 is 11.4 Å². The second-order valence-electron chi connectivity index (χ2n) is 8.66. The van der Waals surface area contributed by atoms with E-state index in [9.17, 15) is 19.5 Å². The summed E-state index contributed by atoms with van der Waals surface area (Å²) in [5.41, 5.74) is 0.864. The van der Waals surface area contributed by atoms with Crippen molar-refractivity contribution in [2.24, 2.45) is 5.41 Å². The number of carbonyl (C=O) groups is 3. The average Bonchev–Trinajstić information content (AvgIpc) is 3.16. The third-order valence-electron chi connectivity index (χ3n) is 5.12. The van der Waals surface area contributed by atoms with Crippen molar-refractivity contribution in [1.29, 1.82) is 0 Å². The van der Waals surface area contributed by atoms with Crippen LogP contribution in [0.15, 0.2) is 60.7 Å². The zero-order valence-corrected chi connectivity index (χ0v) is 18.8. The van der Waals surface area contributed by atoms with Gasteiger partial charge < -0.3 is 14.9 Å². The fourth-order valence-corrected chi connectivity index (χ4v) is 5.13. The molecule has 1 N–H and O–H groups in total. The van der Waals surface area contributed by atoms with Gasteiger partial charge in [0.15, 0.2) is 0 Å². The lowest BCUT2D eigenvalue weighted by Crippen LogP contribution is -2.50. The van der Waals surface area contributed by atoms with Crippen LogP contribution < -0.4 is 0 Å². The largest absolute Gasteiger partial charge is 0.480 e. The van der Waals surface area contributed by atoms with E-state index >= 15 is 0 Å². The predicted octanol–water partition coefficient (Wildman–Crippen LogP) is 3.90. The van der Waals surface area contributed by atoms with Crippen LogP contribution in [-0.2, 0) is 9.59 Å². The second-order valence-corrected chi connectivity index (χ2v) is 9.77. The lowest BCUT2D eigenvalue weighted by molar-refractivity contribution is -0.148. The van der Waals surface area contributed by atoms with Crippen molar-refractivity contribution in [3.8, 4) is 0 Å². The van der Waals surface area contributed by atoms with Crippen molar-refractivity contribution in [2.45, 2.75) is 32.2 Å². The van der Waals surface area contributed by atoms with E-state index in [1.54, 1.807) is 49.6 Å². The molecule has 2 aromatic rings. The highest BCUT2D eigenvalue weighted by Crippen LogP contribution is 2.42. The minimum Gasteiger partial charge on any atom is -0.480 e. The predicted molar refractivity (Wildman–Crippen MR) is 122 cm³/mol. The number of amides is 2. The van der Waals surface area contributed by atoms with Crippen LogP contribution in [0, 0.1) is 5.41 Å². The van der Waals surface area contributed by atoms with Crippen molar-refractivity contribution in [3.63, 3.8) is 0 Å². The summed E-state index contributed by atoms with van der Waals surface area (Å²) in [6.45, 7) is 5.10. The highest BCUT2D eigenvalue weighted by molar-refractivity contribution is 7.99. The third kappa shape index (κ3) is 5.47. The van der Waals surface area contributed by atoms with Gasteiger partial charge in [0.2, 0.25) is 5.91 Å². The topological polar surface area (TPSA) is 77.9 Å². The molecule has 7 heteroatoms. The molecule has 1 unspecified atom stereocenters. The van der Waals surface area contributed by atoms with Gasteiger partial charge in [-0.15, -0.1) is 11.8 Å². The average molecular weight is 441 g/mol. The Morgan fingerprint density at radius 2 is 1.61 bits per heavy atom. The zero-order chi connectivity index (χ0) is 22.6. The SMILES string of the molecule is CC(C)(C)C(=O)N(CC(=O)O)C[C@@H]1CSC(c2ccccc2)N1C(=O)c1ccccc1. The normalized spacial score (nSPS) is 18.6. The lowest BCUT2D eigenvalue weighted by atomic mass is 9.94. The molecule has 1 aliphatic heterocycles. The molecular formula is C24H28N2O4S. The van der Waals surface area contributed by atoms with Crippen LogP contribution in [0.5, 0.6) is 0 Å². The number of benzene rings is 2. The van der Waals surface area contributed by atoms with Gasteiger partial charge in [-0.3, -0.25) is 14.4 Å². The highest BCUT2D eigenvalue weighted by Gasteiger charge is 2.41. The van der Waals surface area contributed by atoms with Crippen LogP contribution in [0.4, 0.5) is 0 Å². The minimum atomic E-state index is -1.07. The number of thioether (sulfide) groups is 1. The van der Waals surface area contributed by atoms with E-state index in [0.29, 0.717) is 11.3 Å². The van der Waals surface area contributed by atoms with E-state index in [0.717, 1.165) is 5.56 Å². The summed E-state index contributed by atoms with van der Waals surface area (Å²) in [5, 5.41) is 9.18. The summed E-state index contributed by atoms with van der Waals surface area (Å²) in [5.74, 6) is -0.812. The molecule has 1 fully saturated rings. The van der Waals surface area contributed by atoms with E-state index in [4.69, 9.17) is 0 Å². The summed E-state index contributed by atoms with van der Waals surface area (Å²) in [7, 11) is 0. The van der Waals surface area contributed by atoms with Gasteiger partial charge >= 0.3 is 5.97 Å². The number of carboxylic acid groups (broad SMARTS) is 1. The van der Waals surface area contributed by atoms with Crippen molar-refractivity contribution in [2.75, 3.05) is 18.8 Å². The molecule has 0 aromatic heterocycles. The van der Waals surface area contributed by atoms with Gasteiger partial charge in [-0.05, 0) is 17.7 Å². The van der Waals surface area contributed by atoms with Crippen LogP contribution >= 0.6 is 11.8 Å². The lowest BCUT2D eigenvalue weighted by Gasteiger charge is -2.35. The Morgan fingerprint density at radius 1 is 1.03 bits per heavy atom. The summed E-state index contributed by atoms with van der Waals surface area (Å²) in [4.78, 5) is 41.1. The van der Waals surface area contributed by atoms with Crippen molar-refractivity contribution < 1.29 is 19.5 Å². The van der Waals surface area contributed by atoms with Crippen molar-refractivity contribution in [1.82, 2.24) is 9.80 Å². The Balaban J connectivity index is 1.94. The fraction of sp³-hybridized carbons (Fsp3) is 0.375. The van der Waals surface area contributed by atoms with Gasteiger partial charge in [0.05, 0.1) is 6.04 Å². The molecule has 0 radical (unpaired) electrons. The van der Waals surface area contributed by atoms with Gasteiger partial charge in [-0.25, -0.2) is 0 Å². The quantitative estimate of drug-likeness (QED) is 0.737. The van der Waals surface area contributed by atoms with Crippen molar-refractivity contribution in [3.05, 3.63) is 71.8 Å². The molecule has 3 rings (SSSR count). The maximum atomic E-state index is 13.5. The Hall–Kier alpha value is -2.80. The molecule has 31 heavy (non-hydrogen) atoms.